The van der Waals surface area contributed by atoms with Gasteiger partial charge in [0.15, 0.2) is 6.10 Å². The van der Waals surface area contributed by atoms with E-state index in [2.05, 4.69) is 13.8 Å². The first kappa shape index (κ1) is 48.0. The Morgan fingerprint density at radius 1 is 0.551 bits per heavy atom. The number of carbonyl (C=O) groups excluding carboxylic acids is 2. The minimum atomic E-state index is -4.35. The second-order valence-electron chi connectivity index (χ2n) is 15.0. The van der Waals surface area contributed by atoms with Crippen LogP contribution >= 0.6 is 7.82 Å². The van der Waals surface area contributed by atoms with Gasteiger partial charge in [-0.15, -0.1) is 0 Å². The van der Waals surface area contributed by atoms with Crippen molar-refractivity contribution >= 4 is 19.8 Å². The third kappa shape index (κ3) is 36.6. The number of hydrogen-bond donors (Lipinski definition) is 1. The Balaban J connectivity index is 3.99. The Hall–Kier alpha value is -0.990. The van der Waals surface area contributed by atoms with Crippen LogP contribution in [0.1, 0.15) is 187 Å². The van der Waals surface area contributed by atoms with E-state index in [0.717, 1.165) is 38.5 Å². The molecule has 0 aliphatic rings. The molecule has 49 heavy (non-hydrogen) atoms. The van der Waals surface area contributed by atoms with E-state index in [9.17, 15) is 19.0 Å². The molecule has 10 heteroatoms. The zero-order chi connectivity index (χ0) is 36.5. The Kier molecular flexibility index (Phi) is 32.2. The van der Waals surface area contributed by atoms with Gasteiger partial charge in [-0.1, -0.05) is 162 Å². The maximum absolute atomic E-state index is 12.5. The number of esters is 2. The van der Waals surface area contributed by atoms with Crippen molar-refractivity contribution in [2.75, 3.05) is 47.5 Å². The van der Waals surface area contributed by atoms with Gasteiger partial charge < -0.3 is 18.9 Å². The van der Waals surface area contributed by atoms with E-state index < -0.39 is 26.5 Å². The van der Waals surface area contributed by atoms with Crippen LogP contribution in [0, 0.1) is 0 Å². The molecule has 0 spiro atoms. The molecule has 0 saturated carbocycles. The largest absolute Gasteiger partial charge is 0.472 e. The molecule has 2 unspecified atom stereocenters. The maximum Gasteiger partial charge on any atom is 0.472 e. The van der Waals surface area contributed by atoms with Crippen molar-refractivity contribution in [3.8, 4) is 0 Å². The lowest BCUT2D eigenvalue weighted by Crippen LogP contribution is -2.37. The van der Waals surface area contributed by atoms with Crippen molar-refractivity contribution in [3.63, 3.8) is 0 Å². The van der Waals surface area contributed by atoms with Crippen LogP contribution < -0.4 is 0 Å². The van der Waals surface area contributed by atoms with Crippen LogP contribution in [0.2, 0.25) is 0 Å². The first-order chi connectivity index (χ1) is 23.5. The first-order valence-electron chi connectivity index (χ1n) is 20.3. The van der Waals surface area contributed by atoms with Crippen molar-refractivity contribution in [3.05, 3.63) is 0 Å². The van der Waals surface area contributed by atoms with Crippen LogP contribution in [-0.2, 0) is 32.7 Å². The fourth-order valence-corrected chi connectivity index (χ4v) is 6.40. The van der Waals surface area contributed by atoms with Crippen molar-refractivity contribution in [1.29, 1.82) is 0 Å². The second-order valence-corrected chi connectivity index (χ2v) is 16.5. The number of likely N-dealkylation sites (N-methyl/N-ethyl adjacent to an activating group) is 1. The summed E-state index contributed by atoms with van der Waals surface area (Å²) in [5, 5.41) is 0. The quantitative estimate of drug-likeness (QED) is 0.0292. The van der Waals surface area contributed by atoms with E-state index in [-0.39, 0.29) is 32.0 Å². The van der Waals surface area contributed by atoms with Crippen molar-refractivity contribution in [2.45, 2.75) is 193 Å². The molecular weight excluding hydrogens is 641 g/mol. The third-order valence-corrected chi connectivity index (χ3v) is 9.87. The molecule has 1 N–H and O–H groups in total. The fourth-order valence-electron chi connectivity index (χ4n) is 5.66. The topological polar surface area (TPSA) is 108 Å². The number of quaternary nitrogens is 1. The van der Waals surface area contributed by atoms with Gasteiger partial charge in [0, 0.05) is 12.8 Å². The Morgan fingerprint density at radius 2 is 0.918 bits per heavy atom. The minimum Gasteiger partial charge on any atom is -0.462 e. The average molecular weight is 721 g/mol. The molecule has 0 aliphatic carbocycles. The van der Waals surface area contributed by atoms with E-state index in [4.69, 9.17) is 18.5 Å². The van der Waals surface area contributed by atoms with E-state index in [1.165, 1.54) is 122 Å². The normalized spacial score (nSPS) is 13.7. The molecule has 0 aliphatic heterocycles. The van der Waals surface area contributed by atoms with E-state index >= 15 is 0 Å². The molecular formula is C39H79NO8P+. The predicted molar refractivity (Wildman–Crippen MR) is 201 cm³/mol. The lowest BCUT2D eigenvalue weighted by atomic mass is 10.0. The molecule has 0 aromatic rings. The predicted octanol–water partition coefficient (Wildman–Crippen LogP) is 10.9. The zero-order valence-electron chi connectivity index (χ0n) is 32.7. The summed E-state index contributed by atoms with van der Waals surface area (Å²) in [5.74, 6) is -0.817. The van der Waals surface area contributed by atoms with Crippen LogP contribution in [-0.4, -0.2) is 74.9 Å². The first-order valence-corrected chi connectivity index (χ1v) is 21.8. The fraction of sp³-hybridized carbons (Fsp3) is 0.949. The molecule has 2 atom stereocenters. The van der Waals surface area contributed by atoms with Gasteiger partial charge in [-0.25, -0.2) is 4.57 Å². The summed E-state index contributed by atoms with van der Waals surface area (Å²) in [5.41, 5.74) is 0. The summed E-state index contributed by atoms with van der Waals surface area (Å²) < 4.78 is 33.8. The maximum atomic E-state index is 12.5. The molecule has 0 aromatic carbocycles. The highest BCUT2D eigenvalue weighted by molar-refractivity contribution is 7.47. The van der Waals surface area contributed by atoms with Gasteiger partial charge in [0.2, 0.25) is 0 Å². The summed E-state index contributed by atoms with van der Waals surface area (Å²) >= 11 is 0. The molecule has 0 bridgehead atoms. The summed E-state index contributed by atoms with van der Waals surface area (Å²) in [7, 11) is 1.48. The molecule has 0 amide bonds. The van der Waals surface area contributed by atoms with E-state index in [1.54, 1.807) is 0 Å². The highest BCUT2D eigenvalue weighted by Crippen LogP contribution is 2.43. The second kappa shape index (κ2) is 32.9. The summed E-state index contributed by atoms with van der Waals surface area (Å²) in [4.78, 5) is 34.7. The third-order valence-electron chi connectivity index (χ3n) is 8.89. The summed E-state index contributed by atoms with van der Waals surface area (Å²) in [6.07, 6.45) is 31.0. The van der Waals surface area contributed by atoms with Crippen LogP contribution in [0.15, 0.2) is 0 Å². The number of phosphoric ester groups is 1. The van der Waals surface area contributed by atoms with Gasteiger partial charge in [-0.05, 0) is 12.8 Å². The zero-order valence-corrected chi connectivity index (χ0v) is 33.6. The standard InChI is InChI=1S/C39H78NO8P/c1-6-8-10-11-12-13-14-15-16-17-18-19-20-21-22-23-24-25-26-27-28-30-32-39(42)48-37(35-45-38(41)31-29-9-7-2)36-47-49(43,44)46-34-33-40(3,4)5/h37H,6-36H2,1-5H3/p+1. The molecule has 0 radical (unpaired) electrons. The number of unbranched alkanes of at least 4 members (excludes halogenated alkanes) is 23. The molecule has 0 rings (SSSR count). The number of ether oxygens (including phenoxy) is 2. The van der Waals surface area contributed by atoms with E-state index in [1.807, 2.05) is 21.1 Å². The Bertz CT molecular complexity index is 819. The smallest absolute Gasteiger partial charge is 0.462 e. The van der Waals surface area contributed by atoms with Gasteiger partial charge in [-0.3, -0.25) is 18.6 Å². The average Bonchev–Trinajstić information content (AvgIpc) is 3.04. The van der Waals surface area contributed by atoms with Gasteiger partial charge in [0.25, 0.3) is 0 Å². The highest BCUT2D eigenvalue weighted by atomic mass is 31.2. The van der Waals surface area contributed by atoms with Crippen LogP contribution in [0.25, 0.3) is 0 Å². The number of phosphoric acid groups is 1. The molecule has 0 heterocycles. The number of hydrogen-bond acceptors (Lipinski definition) is 7. The van der Waals surface area contributed by atoms with Crippen molar-refractivity contribution in [1.82, 2.24) is 0 Å². The summed E-state index contributed by atoms with van der Waals surface area (Å²) in [6.45, 7) is 4.26. The van der Waals surface area contributed by atoms with Crippen LogP contribution in [0.4, 0.5) is 0 Å². The number of nitrogens with zero attached hydrogens (tertiary/aromatic N) is 1. The van der Waals surface area contributed by atoms with Gasteiger partial charge >= 0.3 is 19.8 Å². The molecule has 0 aromatic heterocycles. The van der Waals surface area contributed by atoms with Crippen molar-refractivity contribution in [2.24, 2.45) is 0 Å². The number of rotatable bonds is 37. The minimum absolute atomic E-state index is 0.0354. The highest BCUT2D eigenvalue weighted by Gasteiger charge is 2.27. The number of carbonyl (C=O) groups is 2. The van der Waals surface area contributed by atoms with E-state index in [0.29, 0.717) is 11.0 Å². The Labute approximate surface area is 302 Å². The van der Waals surface area contributed by atoms with Gasteiger partial charge in [-0.2, -0.15) is 0 Å². The van der Waals surface area contributed by atoms with Crippen LogP contribution in [0.5, 0.6) is 0 Å². The van der Waals surface area contributed by atoms with Crippen LogP contribution in [0.3, 0.4) is 0 Å². The van der Waals surface area contributed by atoms with Gasteiger partial charge in [0.05, 0.1) is 27.7 Å². The lowest BCUT2D eigenvalue weighted by molar-refractivity contribution is -0.870. The van der Waals surface area contributed by atoms with Gasteiger partial charge in [0.1, 0.15) is 19.8 Å². The molecule has 0 fully saturated rings. The molecule has 292 valence electrons. The summed E-state index contributed by atoms with van der Waals surface area (Å²) in [6, 6.07) is 0. The SMILES string of the molecule is CCCCCCCCCCCCCCCCCCCCCCCCC(=O)OC(COC(=O)CCCCC)COP(=O)(O)OCC[N+](C)(C)C. The monoisotopic (exact) mass is 721 g/mol. The Morgan fingerprint density at radius 3 is 1.35 bits per heavy atom. The van der Waals surface area contributed by atoms with Crippen molar-refractivity contribution < 1.29 is 42.1 Å². The lowest BCUT2D eigenvalue weighted by Gasteiger charge is -2.24. The molecule has 9 nitrogen and oxygen atoms in total. The molecule has 0 saturated heterocycles.